The van der Waals surface area contributed by atoms with Gasteiger partial charge in [-0.25, -0.2) is 4.42 Å². The van der Waals surface area contributed by atoms with Crippen molar-refractivity contribution in [1.82, 2.24) is 0 Å². The zero-order chi connectivity index (χ0) is 18.4. The van der Waals surface area contributed by atoms with Gasteiger partial charge in [-0.15, -0.1) is 0 Å². The zero-order valence-electron chi connectivity index (χ0n) is 12.7. The average Bonchev–Trinajstić information content (AvgIpc) is 2.55. The molecule has 0 saturated carbocycles. The van der Waals surface area contributed by atoms with Crippen LogP contribution in [0.25, 0.3) is 22.6 Å². The van der Waals surface area contributed by atoms with E-state index in [0.717, 1.165) is 22.6 Å². The Morgan fingerprint density at radius 1 is 0.600 bits per heavy atom. The minimum absolute atomic E-state index is 0.225. The molecule has 130 valence electrons. The number of phenolic OH excluding ortho intramolecular Hbond substituents is 2. The molecule has 0 aliphatic rings. The summed E-state index contributed by atoms with van der Waals surface area (Å²) < 4.78 is 44.9. The minimum atomic E-state index is -6.00. The van der Waals surface area contributed by atoms with Crippen molar-refractivity contribution in [3.8, 4) is 34.1 Å². The SMILES string of the molecule is F[B-](F)(F)F.Oc1ccc(-c2cccc(-c3ccc(O)cc3)[o+]2)cc1. The smallest absolute Gasteiger partial charge is 0.508 e. The third kappa shape index (κ3) is 6.17. The lowest BCUT2D eigenvalue weighted by Gasteiger charge is -1.96. The normalized spacial score (nSPS) is 10.7. The first-order valence-electron chi connectivity index (χ1n) is 7.12. The maximum Gasteiger partial charge on any atom is 0.673 e. The van der Waals surface area contributed by atoms with E-state index in [-0.39, 0.29) is 11.5 Å². The molecule has 0 atom stereocenters. The van der Waals surface area contributed by atoms with E-state index in [4.69, 9.17) is 4.42 Å². The highest BCUT2D eigenvalue weighted by atomic mass is 19.5. The summed E-state index contributed by atoms with van der Waals surface area (Å²) in [6.07, 6.45) is 0. The molecule has 0 aliphatic carbocycles. The molecule has 0 aliphatic heterocycles. The zero-order valence-corrected chi connectivity index (χ0v) is 12.7. The third-order valence-corrected chi connectivity index (χ3v) is 3.02. The van der Waals surface area contributed by atoms with Crippen molar-refractivity contribution in [3.63, 3.8) is 0 Å². The van der Waals surface area contributed by atoms with Gasteiger partial charge in [-0.05, 0) is 54.6 Å². The first-order chi connectivity index (χ1) is 11.7. The third-order valence-electron chi connectivity index (χ3n) is 3.02. The Morgan fingerprint density at radius 2 is 0.920 bits per heavy atom. The minimum Gasteiger partial charge on any atom is -0.508 e. The van der Waals surface area contributed by atoms with Crippen LogP contribution in [-0.4, -0.2) is 17.5 Å². The highest BCUT2D eigenvalue weighted by Crippen LogP contribution is 2.28. The van der Waals surface area contributed by atoms with Gasteiger partial charge in [0.1, 0.15) is 11.5 Å². The molecule has 3 aromatic rings. The van der Waals surface area contributed by atoms with Gasteiger partial charge < -0.3 is 27.5 Å². The Kier molecular flexibility index (Phi) is 5.64. The standard InChI is InChI=1S/C17H12O3.BF4/c18-14-8-4-12(5-9-14)16-2-1-3-17(20-16)13-6-10-15(19)11-7-13;2-1(3,4)5/h1-11H,(H-,18,19);/q;-1/p+1. The van der Waals surface area contributed by atoms with Crippen LogP contribution in [0.15, 0.2) is 71.1 Å². The largest absolute Gasteiger partial charge is 0.673 e. The average molecular weight is 352 g/mol. The fourth-order valence-electron chi connectivity index (χ4n) is 1.97. The molecular weight excluding hydrogens is 339 g/mol. The van der Waals surface area contributed by atoms with Crippen molar-refractivity contribution < 1.29 is 31.9 Å². The van der Waals surface area contributed by atoms with Crippen molar-refractivity contribution in [2.75, 3.05) is 0 Å². The molecule has 8 heteroatoms. The van der Waals surface area contributed by atoms with Gasteiger partial charge in [-0.1, -0.05) is 0 Å². The summed E-state index contributed by atoms with van der Waals surface area (Å²) >= 11 is 0. The summed E-state index contributed by atoms with van der Waals surface area (Å²) in [6.45, 7) is 0. The maximum atomic E-state index is 9.75. The van der Waals surface area contributed by atoms with E-state index in [0.29, 0.717) is 0 Å². The molecule has 2 aromatic carbocycles. The maximum absolute atomic E-state index is 9.75. The van der Waals surface area contributed by atoms with E-state index in [2.05, 4.69) is 0 Å². The second kappa shape index (κ2) is 7.70. The van der Waals surface area contributed by atoms with Crippen LogP contribution in [0.1, 0.15) is 0 Å². The summed E-state index contributed by atoms with van der Waals surface area (Å²) in [6, 6.07) is 19.3. The Balaban J connectivity index is 0.000000399. The van der Waals surface area contributed by atoms with Crippen LogP contribution in [0, 0.1) is 0 Å². The number of aromatic hydroxyl groups is 2. The molecule has 1 aromatic heterocycles. The molecule has 0 fully saturated rings. The number of halogens is 4. The molecular formula is C17H13BF4O3. The predicted octanol–water partition coefficient (Wildman–Crippen LogP) is 5.61. The van der Waals surface area contributed by atoms with Gasteiger partial charge >= 0.3 is 18.8 Å². The molecule has 0 saturated heterocycles. The summed E-state index contributed by atoms with van der Waals surface area (Å²) in [5, 5.41) is 18.6. The molecule has 3 rings (SSSR count). The highest BCUT2D eigenvalue weighted by Gasteiger charge is 2.20. The van der Waals surface area contributed by atoms with Crippen molar-refractivity contribution >= 4 is 7.25 Å². The van der Waals surface area contributed by atoms with E-state index in [9.17, 15) is 27.5 Å². The summed E-state index contributed by atoms with van der Waals surface area (Å²) in [5.74, 6) is 1.89. The summed E-state index contributed by atoms with van der Waals surface area (Å²) in [4.78, 5) is 0. The lowest BCUT2D eigenvalue weighted by atomic mass is 10.1. The van der Waals surface area contributed by atoms with Crippen molar-refractivity contribution in [1.29, 1.82) is 0 Å². The number of rotatable bonds is 2. The molecule has 25 heavy (non-hydrogen) atoms. The Morgan fingerprint density at radius 3 is 1.24 bits per heavy atom. The van der Waals surface area contributed by atoms with E-state index in [1.165, 1.54) is 0 Å². The Labute approximate surface area is 140 Å². The lowest BCUT2D eigenvalue weighted by Crippen LogP contribution is -2.02. The van der Waals surface area contributed by atoms with Gasteiger partial charge in [-0.2, -0.15) is 0 Å². The summed E-state index contributed by atoms with van der Waals surface area (Å²) in [7, 11) is -6.00. The van der Waals surface area contributed by atoms with Gasteiger partial charge in [-0.3, -0.25) is 0 Å². The fourth-order valence-corrected chi connectivity index (χ4v) is 1.97. The molecule has 0 unspecified atom stereocenters. The van der Waals surface area contributed by atoms with Crippen LogP contribution < -0.4 is 0 Å². The number of hydrogen-bond donors (Lipinski definition) is 2. The lowest BCUT2D eigenvalue weighted by molar-refractivity contribution is 0.368. The van der Waals surface area contributed by atoms with Gasteiger partial charge in [0.05, 0.1) is 11.1 Å². The molecule has 0 radical (unpaired) electrons. The van der Waals surface area contributed by atoms with Crippen molar-refractivity contribution in [2.45, 2.75) is 0 Å². The quantitative estimate of drug-likeness (QED) is 0.358. The van der Waals surface area contributed by atoms with Crippen LogP contribution in [0.2, 0.25) is 0 Å². The second-order valence-corrected chi connectivity index (χ2v) is 4.94. The van der Waals surface area contributed by atoms with Crippen LogP contribution in [-0.2, 0) is 0 Å². The second-order valence-electron chi connectivity index (χ2n) is 4.94. The number of phenols is 2. The molecule has 2 N–H and O–H groups in total. The molecule has 3 nitrogen and oxygen atoms in total. The van der Waals surface area contributed by atoms with Crippen LogP contribution in [0.4, 0.5) is 17.3 Å². The molecule has 0 amide bonds. The monoisotopic (exact) mass is 352 g/mol. The Bertz CT molecular complexity index is 752. The van der Waals surface area contributed by atoms with E-state index in [1.807, 2.05) is 18.2 Å². The fraction of sp³-hybridized carbons (Fsp3) is 0. The predicted molar refractivity (Wildman–Crippen MR) is 87.5 cm³/mol. The molecule has 1 heterocycles. The van der Waals surface area contributed by atoms with Crippen LogP contribution in [0.3, 0.4) is 0 Å². The van der Waals surface area contributed by atoms with Gasteiger partial charge in [0.2, 0.25) is 0 Å². The van der Waals surface area contributed by atoms with Gasteiger partial charge in [0.25, 0.3) is 0 Å². The highest BCUT2D eigenvalue weighted by molar-refractivity contribution is 6.50. The van der Waals surface area contributed by atoms with Crippen molar-refractivity contribution in [3.05, 3.63) is 66.7 Å². The molecule has 0 spiro atoms. The van der Waals surface area contributed by atoms with E-state index < -0.39 is 7.25 Å². The van der Waals surface area contributed by atoms with Gasteiger partial charge in [0, 0.05) is 12.1 Å². The Hall–Kier alpha value is -3.03. The number of hydrogen-bond acceptors (Lipinski definition) is 2. The molecule has 0 bridgehead atoms. The first-order valence-corrected chi connectivity index (χ1v) is 7.12. The summed E-state index contributed by atoms with van der Waals surface area (Å²) in [5.41, 5.74) is 1.78. The van der Waals surface area contributed by atoms with E-state index >= 15 is 0 Å². The topological polar surface area (TPSA) is 51.8 Å². The van der Waals surface area contributed by atoms with Crippen LogP contribution in [0.5, 0.6) is 11.5 Å². The van der Waals surface area contributed by atoms with Crippen molar-refractivity contribution in [2.24, 2.45) is 0 Å². The van der Waals surface area contributed by atoms with Crippen LogP contribution >= 0.6 is 0 Å². The van der Waals surface area contributed by atoms with Gasteiger partial charge in [0.15, 0.2) is 0 Å². The van der Waals surface area contributed by atoms with E-state index in [1.54, 1.807) is 48.5 Å². The first kappa shape index (κ1) is 18.3. The number of benzene rings is 2.